The molecule has 2 rings (SSSR count). The van der Waals surface area contributed by atoms with Crippen molar-refractivity contribution in [2.45, 2.75) is 0 Å². The van der Waals surface area contributed by atoms with Crippen LogP contribution in [0.15, 0.2) is 71.3 Å². The summed E-state index contributed by atoms with van der Waals surface area (Å²) in [5.41, 5.74) is 6.18. The molecule has 0 aromatic heterocycles. The first kappa shape index (κ1) is 15.0. The highest BCUT2D eigenvalue weighted by Gasteiger charge is 2.02. The molecule has 2 aromatic rings. The third kappa shape index (κ3) is 4.57. The summed E-state index contributed by atoms with van der Waals surface area (Å²) in [6, 6.07) is 15.8. The average Bonchev–Trinajstić information content (AvgIpc) is 2.52. The van der Waals surface area contributed by atoms with E-state index in [-0.39, 0.29) is 11.7 Å². The lowest BCUT2D eigenvalue weighted by Gasteiger charge is -2.03. The van der Waals surface area contributed by atoms with E-state index < -0.39 is 0 Å². The standard InChI is InChI=1S/C16H13BrN2O2/c17-14-8-6-12(7-9-14)15(20)10-11-18-19-16(21)13-4-2-1-3-5-13/h1-11,18H,(H,19,21)/b11-10+. The Morgan fingerprint density at radius 3 is 2.24 bits per heavy atom. The molecule has 5 heteroatoms. The van der Waals surface area contributed by atoms with Crippen molar-refractivity contribution in [3.63, 3.8) is 0 Å². The Morgan fingerprint density at radius 1 is 0.905 bits per heavy atom. The third-order valence-electron chi connectivity index (χ3n) is 2.67. The van der Waals surface area contributed by atoms with Gasteiger partial charge in [0.15, 0.2) is 5.78 Å². The molecule has 2 aromatic carbocycles. The molecule has 0 saturated carbocycles. The zero-order valence-electron chi connectivity index (χ0n) is 11.0. The predicted octanol–water partition coefficient (Wildman–Crippen LogP) is 3.08. The van der Waals surface area contributed by atoms with Crippen molar-refractivity contribution < 1.29 is 9.59 Å². The van der Waals surface area contributed by atoms with Gasteiger partial charge < -0.3 is 5.43 Å². The maximum Gasteiger partial charge on any atom is 0.269 e. The van der Waals surface area contributed by atoms with Crippen LogP contribution in [0.1, 0.15) is 20.7 Å². The van der Waals surface area contributed by atoms with Crippen LogP contribution in [0.4, 0.5) is 0 Å². The molecule has 0 fully saturated rings. The summed E-state index contributed by atoms with van der Waals surface area (Å²) in [5, 5.41) is 0. The van der Waals surface area contributed by atoms with Crippen molar-refractivity contribution in [1.82, 2.24) is 10.9 Å². The number of rotatable bonds is 5. The van der Waals surface area contributed by atoms with Crippen molar-refractivity contribution in [2.24, 2.45) is 0 Å². The number of amides is 1. The van der Waals surface area contributed by atoms with Crippen LogP contribution < -0.4 is 10.9 Å². The smallest absolute Gasteiger partial charge is 0.269 e. The van der Waals surface area contributed by atoms with Crippen LogP contribution in [0.5, 0.6) is 0 Å². The monoisotopic (exact) mass is 344 g/mol. The number of halogens is 1. The molecular weight excluding hydrogens is 332 g/mol. The van der Waals surface area contributed by atoms with Crippen LogP contribution in [-0.2, 0) is 0 Å². The van der Waals surface area contributed by atoms with Gasteiger partial charge in [0.2, 0.25) is 0 Å². The predicted molar refractivity (Wildman–Crippen MR) is 84.7 cm³/mol. The van der Waals surface area contributed by atoms with E-state index in [9.17, 15) is 9.59 Å². The summed E-state index contributed by atoms with van der Waals surface area (Å²) in [6.45, 7) is 0. The summed E-state index contributed by atoms with van der Waals surface area (Å²) in [5.74, 6) is -0.416. The Kier molecular flexibility index (Phi) is 5.29. The van der Waals surface area contributed by atoms with E-state index >= 15 is 0 Å². The zero-order chi connectivity index (χ0) is 15.1. The van der Waals surface area contributed by atoms with Crippen molar-refractivity contribution >= 4 is 27.6 Å². The molecular formula is C16H13BrN2O2. The van der Waals surface area contributed by atoms with Crippen molar-refractivity contribution in [3.05, 3.63) is 82.5 Å². The Balaban J connectivity index is 1.84. The van der Waals surface area contributed by atoms with Crippen molar-refractivity contribution in [1.29, 1.82) is 0 Å². The highest BCUT2D eigenvalue weighted by Crippen LogP contribution is 2.11. The van der Waals surface area contributed by atoms with Crippen LogP contribution in [0.3, 0.4) is 0 Å². The van der Waals surface area contributed by atoms with Gasteiger partial charge in [-0.15, -0.1) is 0 Å². The van der Waals surface area contributed by atoms with Crippen LogP contribution in [-0.4, -0.2) is 11.7 Å². The lowest BCUT2D eigenvalue weighted by molar-refractivity contribution is 0.0939. The number of benzene rings is 2. The molecule has 21 heavy (non-hydrogen) atoms. The minimum absolute atomic E-state index is 0.149. The van der Waals surface area contributed by atoms with E-state index in [1.54, 1.807) is 48.5 Å². The van der Waals surface area contributed by atoms with E-state index in [4.69, 9.17) is 0 Å². The summed E-state index contributed by atoms with van der Waals surface area (Å²) in [6.07, 6.45) is 2.75. The number of carbonyl (C=O) groups excluding carboxylic acids is 2. The van der Waals surface area contributed by atoms with Crippen LogP contribution in [0, 0.1) is 0 Å². The van der Waals surface area contributed by atoms with Crippen LogP contribution in [0.2, 0.25) is 0 Å². The second kappa shape index (κ2) is 7.40. The Hall–Kier alpha value is -2.40. The Bertz CT molecular complexity index is 652. The molecule has 0 heterocycles. The Morgan fingerprint density at radius 2 is 1.57 bits per heavy atom. The molecule has 0 aliphatic rings. The second-order valence-corrected chi connectivity index (χ2v) is 5.08. The fourth-order valence-corrected chi connectivity index (χ4v) is 1.86. The van der Waals surface area contributed by atoms with E-state index in [2.05, 4.69) is 26.8 Å². The molecule has 0 aliphatic heterocycles. The van der Waals surface area contributed by atoms with Crippen LogP contribution >= 0.6 is 15.9 Å². The van der Waals surface area contributed by atoms with Crippen molar-refractivity contribution in [2.75, 3.05) is 0 Å². The van der Waals surface area contributed by atoms with Gasteiger partial charge in [-0.2, -0.15) is 0 Å². The minimum atomic E-state index is -0.267. The van der Waals surface area contributed by atoms with Gasteiger partial charge in [0.1, 0.15) is 0 Å². The maximum absolute atomic E-state index is 11.8. The highest BCUT2D eigenvalue weighted by atomic mass is 79.9. The van der Waals surface area contributed by atoms with Crippen molar-refractivity contribution in [3.8, 4) is 0 Å². The molecule has 4 nitrogen and oxygen atoms in total. The fraction of sp³-hybridized carbons (Fsp3) is 0. The molecule has 0 atom stereocenters. The minimum Gasteiger partial charge on any atom is -0.305 e. The normalized spacial score (nSPS) is 10.3. The van der Waals surface area contributed by atoms with E-state index in [1.165, 1.54) is 12.3 Å². The molecule has 0 spiro atoms. The number of hydrogen-bond acceptors (Lipinski definition) is 3. The topological polar surface area (TPSA) is 58.2 Å². The largest absolute Gasteiger partial charge is 0.305 e. The fourth-order valence-electron chi connectivity index (χ4n) is 1.60. The number of hydrazine groups is 1. The molecule has 0 bridgehead atoms. The highest BCUT2D eigenvalue weighted by molar-refractivity contribution is 9.10. The van der Waals surface area contributed by atoms with E-state index in [0.717, 1.165) is 4.47 Å². The molecule has 0 saturated heterocycles. The SMILES string of the molecule is O=C(/C=C/NNC(=O)c1ccccc1)c1ccc(Br)cc1. The Labute approximate surface area is 131 Å². The van der Waals surface area contributed by atoms with Gasteiger partial charge in [0.25, 0.3) is 5.91 Å². The molecule has 0 unspecified atom stereocenters. The summed E-state index contributed by atoms with van der Waals surface area (Å²) < 4.78 is 0.913. The number of nitrogens with one attached hydrogen (secondary N) is 2. The summed E-state index contributed by atoms with van der Waals surface area (Å²) >= 11 is 3.31. The summed E-state index contributed by atoms with van der Waals surface area (Å²) in [4.78, 5) is 23.5. The molecule has 0 radical (unpaired) electrons. The lowest BCUT2D eigenvalue weighted by Crippen LogP contribution is -2.33. The maximum atomic E-state index is 11.8. The second-order valence-electron chi connectivity index (χ2n) is 4.17. The number of carbonyl (C=O) groups is 2. The van der Waals surface area contributed by atoms with Gasteiger partial charge in [0.05, 0.1) is 0 Å². The average molecular weight is 345 g/mol. The first-order valence-electron chi connectivity index (χ1n) is 6.24. The number of allylic oxidation sites excluding steroid dienone is 1. The first-order chi connectivity index (χ1) is 10.2. The van der Waals surface area contributed by atoms with Gasteiger partial charge in [-0.1, -0.05) is 34.1 Å². The third-order valence-corrected chi connectivity index (χ3v) is 3.20. The molecule has 2 N–H and O–H groups in total. The summed E-state index contributed by atoms with van der Waals surface area (Å²) in [7, 11) is 0. The van der Waals surface area contributed by atoms with Gasteiger partial charge in [0, 0.05) is 27.9 Å². The van der Waals surface area contributed by atoms with E-state index in [0.29, 0.717) is 11.1 Å². The lowest BCUT2D eigenvalue weighted by atomic mass is 10.1. The first-order valence-corrected chi connectivity index (χ1v) is 7.03. The van der Waals surface area contributed by atoms with Gasteiger partial charge >= 0.3 is 0 Å². The quantitative estimate of drug-likeness (QED) is 0.497. The van der Waals surface area contributed by atoms with Gasteiger partial charge in [-0.3, -0.25) is 15.0 Å². The zero-order valence-corrected chi connectivity index (χ0v) is 12.6. The van der Waals surface area contributed by atoms with Gasteiger partial charge in [-0.05, 0) is 36.4 Å². The number of hydrogen-bond donors (Lipinski definition) is 2. The molecule has 0 aliphatic carbocycles. The van der Waals surface area contributed by atoms with Crippen LogP contribution in [0.25, 0.3) is 0 Å². The number of ketones is 1. The van der Waals surface area contributed by atoms with Gasteiger partial charge in [-0.25, -0.2) is 0 Å². The molecule has 106 valence electrons. The van der Waals surface area contributed by atoms with E-state index in [1.807, 2.05) is 6.07 Å². The molecule has 1 amide bonds.